The van der Waals surface area contributed by atoms with Crippen LogP contribution >= 0.6 is 24.0 Å². The lowest BCUT2D eigenvalue weighted by molar-refractivity contribution is -0.135. The first-order valence-corrected chi connectivity index (χ1v) is 11.1. The number of ether oxygens (including phenoxy) is 1. The monoisotopic (exact) mass is 544 g/mol. The Hall–Kier alpha value is -1.62. The standard InChI is InChI=1S/C22H36N6O2.HI/c1-17(2)30-20-8-7-19(15-24-20)16-25-22(23-4)28-13-11-26(12-14-28)18(3)21(29)27-9-5-6-10-27;/h7-8,15,17-18H,5-6,9-14,16H2,1-4H3,(H,23,25);1H. The second-order valence-corrected chi connectivity index (χ2v) is 8.30. The van der Waals surface area contributed by atoms with Crippen LogP contribution in [0.25, 0.3) is 0 Å². The molecule has 2 aliphatic rings. The molecule has 31 heavy (non-hydrogen) atoms. The lowest BCUT2D eigenvalue weighted by Gasteiger charge is -2.39. The van der Waals surface area contributed by atoms with Crippen LogP contribution in [-0.4, -0.2) is 90.0 Å². The molecule has 8 nitrogen and oxygen atoms in total. The lowest BCUT2D eigenvalue weighted by atomic mass is 10.2. The zero-order chi connectivity index (χ0) is 21.5. The Morgan fingerprint density at radius 3 is 2.32 bits per heavy atom. The van der Waals surface area contributed by atoms with E-state index in [1.807, 2.05) is 51.0 Å². The number of aromatic nitrogens is 1. The largest absolute Gasteiger partial charge is 0.475 e. The normalized spacial score (nSPS) is 18.7. The van der Waals surface area contributed by atoms with Gasteiger partial charge in [-0.2, -0.15) is 0 Å². The molecule has 1 unspecified atom stereocenters. The molecule has 1 aromatic rings. The molecule has 0 spiro atoms. The van der Waals surface area contributed by atoms with Crippen LogP contribution in [0.5, 0.6) is 5.88 Å². The maximum Gasteiger partial charge on any atom is 0.239 e. The molecule has 1 N–H and O–H groups in total. The summed E-state index contributed by atoms with van der Waals surface area (Å²) in [7, 11) is 1.81. The van der Waals surface area contributed by atoms with Crippen LogP contribution in [0.3, 0.4) is 0 Å². The number of carbonyl (C=O) groups is 1. The number of pyridine rings is 1. The van der Waals surface area contributed by atoms with Crippen molar-refractivity contribution in [2.24, 2.45) is 4.99 Å². The van der Waals surface area contributed by atoms with Crippen molar-refractivity contribution in [2.45, 2.75) is 52.3 Å². The number of carbonyl (C=O) groups excluding carboxylic acids is 1. The van der Waals surface area contributed by atoms with Gasteiger partial charge in [0.2, 0.25) is 11.8 Å². The first-order valence-electron chi connectivity index (χ1n) is 11.1. The SMILES string of the molecule is CN=C(NCc1ccc(OC(C)C)nc1)N1CCN(C(C)C(=O)N2CCCC2)CC1.I. The van der Waals surface area contributed by atoms with Crippen molar-refractivity contribution in [2.75, 3.05) is 46.3 Å². The summed E-state index contributed by atoms with van der Waals surface area (Å²) in [6.07, 6.45) is 4.23. The number of nitrogens with zero attached hydrogens (tertiary/aromatic N) is 5. The smallest absolute Gasteiger partial charge is 0.239 e. The second kappa shape index (κ2) is 12.4. The molecule has 3 rings (SSSR count). The first kappa shape index (κ1) is 25.6. The predicted octanol–water partition coefficient (Wildman–Crippen LogP) is 2.19. The van der Waals surface area contributed by atoms with E-state index in [1.54, 1.807) is 0 Å². The summed E-state index contributed by atoms with van der Waals surface area (Å²) < 4.78 is 5.59. The average molecular weight is 544 g/mol. The van der Waals surface area contributed by atoms with E-state index in [4.69, 9.17) is 4.74 Å². The van der Waals surface area contributed by atoms with Gasteiger partial charge in [0.05, 0.1) is 12.1 Å². The van der Waals surface area contributed by atoms with Gasteiger partial charge in [0, 0.05) is 65.1 Å². The van der Waals surface area contributed by atoms with Gasteiger partial charge in [-0.15, -0.1) is 24.0 Å². The number of aliphatic imine (C=N–C) groups is 1. The summed E-state index contributed by atoms with van der Waals surface area (Å²) >= 11 is 0. The van der Waals surface area contributed by atoms with E-state index in [1.165, 1.54) is 0 Å². The van der Waals surface area contributed by atoms with Crippen LogP contribution in [-0.2, 0) is 11.3 Å². The highest BCUT2D eigenvalue weighted by Crippen LogP contribution is 2.14. The van der Waals surface area contributed by atoms with Crippen LogP contribution in [0.1, 0.15) is 39.2 Å². The minimum absolute atomic E-state index is 0. The topological polar surface area (TPSA) is 73.3 Å². The van der Waals surface area contributed by atoms with Crippen molar-refractivity contribution < 1.29 is 9.53 Å². The summed E-state index contributed by atoms with van der Waals surface area (Å²) in [5.74, 6) is 1.81. The maximum atomic E-state index is 12.7. The Balaban J connectivity index is 0.00000341. The summed E-state index contributed by atoms with van der Waals surface area (Å²) in [4.78, 5) is 28.0. The zero-order valence-corrected chi connectivity index (χ0v) is 21.5. The fourth-order valence-electron chi connectivity index (χ4n) is 4.02. The molecule has 0 bridgehead atoms. The summed E-state index contributed by atoms with van der Waals surface area (Å²) in [6.45, 7) is 12.0. The van der Waals surface area contributed by atoms with Gasteiger partial charge in [-0.3, -0.25) is 14.7 Å². The van der Waals surface area contributed by atoms with E-state index in [0.717, 1.165) is 63.6 Å². The number of guanidine groups is 1. The van der Waals surface area contributed by atoms with Crippen molar-refractivity contribution in [1.82, 2.24) is 25.0 Å². The summed E-state index contributed by atoms with van der Waals surface area (Å²) in [6, 6.07) is 3.88. The van der Waals surface area contributed by atoms with E-state index in [0.29, 0.717) is 12.4 Å². The van der Waals surface area contributed by atoms with Crippen molar-refractivity contribution in [3.8, 4) is 5.88 Å². The van der Waals surface area contributed by atoms with Crippen molar-refractivity contribution in [3.05, 3.63) is 23.9 Å². The number of nitrogens with one attached hydrogen (secondary N) is 1. The molecule has 0 saturated carbocycles. The third-order valence-electron chi connectivity index (χ3n) is 5.75. The van der Waals surface area contributed by atoms with E-state index in [9.17, 15) is 4.79 Å². The average Bonchev–Trinajstić information content (AvgIpc) is 3.29. The molecule has 2 saturated heterocycles. The van der Waals surface area contributed by atoms with Crippen LogP contribution in [0.4, 0.5) is 0 Å². The second-order valence-electron chi connectivity index (χ2n) is 8.30. The molecule has 1 atom stereocenters. The summed E-state index contributed by atoms with van der Waals surface area (Å²) in [5, 5.41) is 3.43. The Morgan fingerprint density at radius 2 is 1.77 bits per heavy atom. The Labute approximate surface area is 203 Å². The highest BCUT2D eigenvalue weighted by Gasteiger charge is 2.30. The number of piperazine rings is 1. The number of halogens is 1. The fraction of sp³-hybridized carbons (Fsp3) is 0.682. The molecule has 1 aromatic heterocycles. The van der Waals surface area contributed by atoms with Gasteiger partial charge in [-0.05, 0) is 39.2 Å². The number of hydrogen-bond acceptors (Lipinski definition) is 5. The Morgan fingerprint density at radius 1 is 1.10 bits per heavy atom. The van der Waals surface area contributed by atoms with Crippen LogP contribution in [0.2, 0.25) is 0 Å². The van der Waals surface area contributed by atoms with Gasteiger partial charge < -0.3 is 19.9 Å². The number of rotatable bonds is 6. The molecule has 2 aliphatic heterocycles. The molecule has 0 aliphatic carbocycles. The van der Waals surface area contributed by atoms with Gasteiger partial charge in [0.1, 0.15) is 0 Å². The minimum atomic E-state index is -0.0436. The van der Waals surface area contributed by atoms with E-state index in [2.05, 4.69) is 25.1 Å². The van der Waals surface area contributed by atoms with E-state index in [-0.39, 0.29) is 42.0 Å². The van der Waals surface area contributed by atoms with Crippen LogP contribution < -0.4 is 10.1 Å². The third kappa shape index (κ3) is 7.20. The number of likely N-dealkylation sites (tertiary alicyclic amines) is 1. The minimum Gasteiger partial charge on any atom is -0.475 e. The van der Waals surface area contributed by atoms with Crippen molar-refractivity contribution in [3.63, 3.8) is 0 Å². The molecule has 1 amide bonds. The molecule has 3 heterocycles. The number of hydrogen-bond donors (Lipinski definition) is 1. The zero-order valence-electron chi connectivity index (χ0n) is 19.2. The summed E-state index contributed by atoms with van der Waals surface area (Å²) in [5.41, 5.74) is 1.08. The third-order valence-corrected chi connectivity index (χ3v) is 5.75. The van der Waals surface area contributed by atoms with Crippen molar-refractivity contribution >= 4 is 35.8 Å². The molecule has 174 valence electrons. The predicted molar refractivity (Wildman–Crippen MR) is 134 cm³/mol. The van der Waals surface area contributed by atoms with E-state index < -0.39 is 0 Å². The Bertz CT molecular complexity index is 713. The first-order chi connectivity index (χ1) is 14.5. The maximum absolute atomic E-state index is 12.7. The lowest BCUT2D eigenvalue weighted by Crippen LogP contribution is -2.57. The quantitative estimate of drug-likeness (QED) is 0.337. The van der Waals surface area contributed by atoms with Gasteiger partial charge in [0.25, 0.3) is 0 Å². The van der Waals surface area contributed by atoms with Gasteiger partial charge in [0.15, 0.2) is 5.96 Å². The van der Waals surface area contributed by atoms with Gasteiger partial charge in [-0.1, -0.05) is 6.07 Å². The van der Waals surface area contributed by atoms with E-state index >= 15 is 0 Å². The molecule has 0 radical (unpaired) electrons. The van der Waals surface area contributed by atoms with Crippen LogP contribution in [0, 0.1) is 0 Å². The fourth-order valence-corrected chi connectivity index (χ4v) is 4.02. The van der Waals surface area contributed by atoms with Crippen LogP contribution in [0.15, 0.2) is 23.3 Å². The number of amides is 1. The highest BCUT2D eigenvalue weighted by molar-refractivity contribution is 14.0. The molecular weight excluding hydrogens is 507 g/mol. The Kier molecular flexibility index (Phi) is 10.3. The molecule has 0 aromatic carbocycles. The molecular formula is C22H37IN6O2. The molecule has 9 heteroatoms. The van der Waals surface area contributed by atoms with Gasteiger partial charge in [-0.25, -0.2) is 4.98 Å². The van der Waals surface area contributed by atoms with Crippen molar-refractivity contribution in [1.29, 1.82) is 0 Å². The highest BCUT2D eigenvalue weighted by atomic mass is 127. The molecule has 2 fully saturated rings. The van der Waals surface area contributed by atoms with Gasteiger partial charge >= 0.3 is 0 Å².